The Morgan fingerprint density at radius 1 is 0.871 bits per heavy atom. The summed E-state index contributed by atoms with van der Waals surface area (Å²) in [6, 6.07) is 17.7. The van der Waals surface area contributed by atoms with Crippen LogP contribution in [0.25, 0.3) is 11.8 Å². The summed E-state index contributed by atoms with van der Waals surface area (Å²) in [6.07, 6.45) is 1.65. The average Bonchev–Trinajstić information content (AvgIpc) is 2.99. The lowest BCUT2D eigenvalue weighted by atomic mass is 10.1. The molecule has 0 unspecified atom stereocenters. The summed E-state index contributed by atoms with van der Waals surface area (Å²) < 4.78 is 2.11. The Morgan fingerprint density at radius 2 is 1.58 bits per heavy atom. The molecule has 0 spiro atoms. The highest BCUT2D eigenvalue weighted by molar-refractivity contribution is 7.80. The lowest BCUT2D eigenvalue weighted by molar-refractivity contribution is -0.122. The number of aryl methyl sites for hydroxylation is 3. The highest BCUT2D eigenvalue weighted by atomic mass is 32.1. The minimum atomic E-state index is -0.487. The van der Waals surface area contributed by atoms with E-state index in [1.54, 1.807) is 12.1 Å². The summed E-state index contributed by atoms with van der Waals surface area (Å²) >= 11 is 5.29. The van der Waals surface area contributed by atoms with E-state index in [1.165, 1.54) is 10.5 Å². The Bertz CT molecular complexity index is 1250. The number of nitrogens with zero attached hydrogens (tertiary/aromatic N) is 2. The molecule has 4 rings (SSSR count). The van der Waals surface area contributed by atoms with Crippen molar-refractivity contribution in [1.29, 1.82) is 0 Å². The van der Waals surface area contributed by atoms with Crippen molar-refractivity contribution >= 4 is 40.9 Å². The number of benzene rings is 2. The molecule has 0 saturated carbocycles. The van der Waals surface area contributed by atoms with E-state index in [-0.39, 0.29) is 10.7 Å². The van der Waals surface area contributed by atoms with Crippen LogP contribution in [0.5, 0.6) is 0 Å². The van der Waals surface area contributed by atoms with Crippen LogP contribution >= 0.6 is 12.2 Å². The Balaban J connectivity index is 1.76. The van der Waals surface area contributed by atoms with Crippen molar-refractivity contribution in [2.24, 2.45) is 0 Å². The van der Waals surface area contributed by atoms with E-state index in [1.807, 2.05) is 52.0 Å². The molecule has 1 aliphatic heterocycles. The summed E-state index contributed by atoms with van der Waals surface area (Å²) in [6.45, 7) is 7.97. The fourth-order valence-electron chi connectivity index (χ4n) is 3.84. The van der Waals surface area contributed by atoms with E-state index >= 15 is 0 Å². The standard InChI is InChI=1S/C25H23N3O2S/c1-15-8-10-20(11-9-15)27-17(3)13-19(18(27)4)14-22-23(29)26-25(31)28(24(22)30)21-7-5-6-16(2)12-21/h5-14H,1-4H3,(H,26,29,31). The predicted molar refractivity (Wildman–Crippen MR) is 127 cm³/mol. The zero-order valence-electron chi connectivity index (χ0n) is 17.9. The summed E-state index contributed by atoms with van der Waals surface area (Å²) in [4.78, 5) is 27.3. The maximum absolute atomic E-state index is 13.3. The van der Waals surface area contributed by atoms with Crippen molar-refractivity contribution < 1.29 is 9.59 Å². The lowest BCUT2D eigenvalue weighted by Crippen LogP contribution is -2.54. The van der Waals surface area contributed by atoms with E-state index in [2.05, 4.69) is 34.1 Å². The molecule has 2 aromatic carbocycles. The molecule has 0 atom stereocenters. The SMILES string of the molecule is Cc1ccc(-n2c(C)cc(C=C3C(=O)NC(=S)N(c4cccc(C)c4)C3=O)c2C)cc1. The molecule has 156 valence electrons. The number of amides is 2. The van der Waals surface area contributed by atoms with Gasteiger partial charge in [-0.25, -0.2) is 0 Å². The topological polar surface area (TPSA) is 54.3 Å². The first-order valence-corrected chi connectivity index (χ1v) is 10.4. The molecule has 2 amide bonds. The first-order valence-electron chi connectivity index (χ1n) is 10.0. The van der Waals surface area contributed by atoms with E-state index in [4.69, 9.17) is 12.2 Å². The summed E-state index contributed by atoms with van der Waals surface area (Å²) in [5.41, 5.74) is 6.68. The molecule has 6 heteroatoms. The molecule has 0 aliphatic carbocycles. The molecule has 0 radical (unpaired) electrons. The third-order valence-electron chi connectivity index (χ3n) is 5.42. The fourth-order valence-corrected chi connectivity index (χ4v) is 4.12. The Morgan fingerprint density at radius 3 is 2.26 bits per heavy atom. The van der Waals surface area contributed by atoms with Crippen molar-refractivity contribution in [2.45, 2.75) is 27.7 Å². The second kappa shape index (κ2) is 7.96. The predicted octanol–water partition coefficient (Wildman–Crippen LogP) is 4.54. The number of hydrogen-bond acceptors (Lipinski definition) is 3. The van der Waals surface area contributed by atoms with Crippen LogP contribution in [0.15, 0.2) is 60.2 Å². The molecule has 1 saturated heterocycles. The van der Waals surface area contributed by atoms with Crippen molar-refractivity contribution in [2.75, 3.05) is 4.90 Å². The molecular formula is C25H23N3O2S. The van der Waals surface area contributed by atoms with Gasteiger partial charge in [0.05, 0.1) is 5.69 Å². The van der Waals surface area contributed by atoms with Gasteiger partial charge in [-0.1, -0.05) is 29.8 Å². The van der Waals surface area contributed by atoms with E-state index < -0.39 is 11.8 Å². The Kier molecular flexibility index (Phi) is 5.33. The molecular weight excluding hydrogens is 406 g/mol. The normalized spacial score (nSPS) is 15.5. The maximum atomic E-state index is 13.3. The second-order valence-corrected chi connectivity index (χ2v) is 8.18. The third kappa shape index (κ3) is 3.82. The van der Waals surface area contributed by atoms with Crippen molar-refractivity contribution in [3.63, 3.8) is 0 Å². The van der Waals surface area contributed by atoms with Crippen LogP contribution in [0.1, 0.15) is 28.1 Å². The molecule has 31 heavy (non-hydrogen) atoms. The van der Waals surface area contributed by atoms with Crippen LogP contribution < -0.4 is 10.2 Å². The number of hydrogen-bond donors (Lipinski definition) is 1. The first-order chi connectivity index (χ1) is 14.8. The molecule has 5 nitrogen and oxygen atoms in total. The van der Waals surface area contributed by atoms with E-state index in [0.29, 0.717) is 5.69 Å². The van der Waals surface area contributed by atoms with Crippen LogP contribution in [-0.4, -0.2) is 21.5 Å². The molecule has 1 aliphatic rings. The number of nitrogens with one attached hydrogen (secondary N) is 1. The van der Waals surface area contributed by atoms with Gasteiger partial charge in [-0.3, -0.25) is 19.8 Å². The van der Waals surface area contributed by atoms with Crippen molar-refractivity contribution in [1.82, 2.24) is 9.88 Å². The van der Waals surface area contributed by atoms with Gasteiger partial charge in [0.25, 0.3) is 11.8 Å². The lowest BCUT2D eigenvalue weighted by Gasteiger charge is -2.29. The monoisotopic (exact) mass is 429 g/mol. The van der Waals surface area contributed by atoms with Gasteiger partial charge in [0.1, 0.15) is 5.57 Å². The first kappa shape index (κ1) is 20.8. The van der Waals surface area contributed by atoms with Gasteiger partial charge in [-0.15, -0.1) is 0 Å². The number of carbonyl (C=O) groups is 2. The molecule has 1 N–H and O–H groups in total. The van der Waals surface area contributed by atoms with Gasteiger partial charge < -0.3 is 4.57 Å². The fraction of sp³-hybridized carbons (Fsp3) is 0.160. The average molecular weight is 430 g/mol. The Labute approximate surface area is 187 Å². The van der Waals surface area contributed by atoms with Crippen molar-refractivity contribution in [3.8, 4) is 5.69 Å². The smallest absolute Gasteiger partial charge is 0.270 e. The molecule has 2 heterocycles. The van der Waals surface area contributed by atoms with E-state index in [9.17, 15) is 9.59 Å². The molecule has 0 bridgehead atoms. The van der Waals surface area contributed by atoms with Crippen LogP contribution in [0, 0.1) is 27.7 Å². The molecule has 1 aromatic heterocycles. The number of carbonyl (C=O) groups excluding carboxylic acids is 2. The minimum Gasteiger partial charge on any atom is -0.318 e. The zero-order chi connectivity index (χ0) is 22.3. The minimum absolute atomic E-state index is 0.0549. The number of aromatic nitrogens is 1. The van der Waals surface area contributed by atoms with E-state index in [0.717, 1.165) is 28.2 Å². The number of rotatable bonds is 3. The summed E-state index contributed by atoms with van der Waals surface area (Å²) in [7, 11) is 0. The maximum Gasteiger partial charge on any atom is 0.270 e. The van der Waals surface area contributed by atoms with Gasteiger partial charge in [0.2, 0.25) is 0 Å². The molecule has 3 aromatic rings. The van der Waals surface area contributed by atoms with Gasteiger partial charge in [0, 0.05) is 17.1 Å². The largest absolute Gasteiger partial charge is 0.318 e. The quantitative estimate of drug-likeness (QED) is 0.378. The van der Waals surface area contributed by atoms with Crippen molar-refractivity contribution in [3.05, 3.63) is 88.2 Å². The van der Waals surface area contributed by atoms with Crippen LogP contribution in [0.2, 0.25) is 0 Å². The zero-order valence-corrected chi connectivity index (χ0v) is 18.7. The number of anilines is 1. The highest BCUT2D eigenvalue weighted by Crippen LogP contribution is 2.26. The summed E-state index contributed by atoms with van der Waals surface area (Å²) in [5.74, 6) is -0.918. The van der Waals surface area contributed by atoms with Gasteiger partial charge in [-0.2, -0.15) is 0 Å². The van der Waals surface area contributed by atoms with Gasteiger partial charge >= 0.3 is 0 Å². The van der Waals surface area contributed by atoms with Gasteiger partial charge in [-0.05, 0) is 87.4 Å². The Hall–Kier alpha value is -3.51. The van der Waals surface area contributed by atoms with Crippen LogP contribution in [0.4, 0.5) is 5.69 Å². The highest BCUT2D eigenvalue weighted by Gasteiger charge is 2.34. The van der Waals surface area contributed by atoms with Crippen LogP contribution in [-0.2, 0) is 9.59 Å². The second-order valence-electron chi connectivity index (χ2n) is 7.79. The van der Waals surface area contributed by atoms with Gasteiger partial charge in [0.15, 0.2) is 5.11 Å². The summed E-state index contributed by atoms with van der Waals surface area (Å²) in [5, 5.41) is 2.74. The van der Waals surface area contributed by atoms with Crippen LogP contribution in [0.3, 0.4) is 0 Å². The third-order valence-corrected chi connectivity index (χ3v) is 5.71. The number of thiocarbonyl (C=S) groups is 1. The molecule has 1 fully saturated rings.